The van der Waals surface area contributed by atoms with Gasteiger partial charge in [-0.3, -0.25) is 4.79 Å². The second-order valence-electron chi connectivity index (χ2n) is 5.83. The number of rotatable bonds is 4. The van der Waals surface area contributed by atoms with E-state index in [1.165, 1.54) is 12.1 Å². The molecule has 1 saturated heterocycles. The van der Waals surface area contributed by atoms with Crippen LogP contribution in [0, 0.1) is 0 Å². The van der Waals surface area contributed by atoms with E-state index in [0.29, 0.717) is 23.7 Å². The molecule has 1 fully saturated rings. The number of benzene rings is 2. The van der Waals surface area contributed by atoms with Crippen molar-refractivity contribution in [3.8, 4) is 0 Å². The molecule has 2 aromatic rings. The number of hydrogen-bond acceptors (Lipinski definition) is 3. The molecule has 6 heteroatoms. The largest absolute Gasteiger partial charge is 0.341 e. The highest BCUT2D eigenvalue weighted by molar-refractivity contribution is 7.92. The van der Waals surface area contributed by atoms with E-state index in [-0.39, 0.29) is 10.8 Å². The van der Waals surface area contributed by atoms with Gasteiger partial charge < -0.3 is 4.90 Å². The molecular weight excluding hydrogens is 346 g/mol. The maximum Gasteiger partial charge on any atom is 0.245 e. The third kappa shape index (κ3) is 3.32. The van der Waals surface area contributed by atoms with Crippen molar-refractivity contribution in [2.75, 3.05) is 13.1 Å². The van der Waals surface area contributed by atoms with Gasteiger partial charge >= 0.3 is 0 Å². The SMILES string of the molecule is O=C(C(c1cccc(Cl)c1)S(=O)(=O)c1ccccc1)N1CCCC1. The van der Waals surface area contributed by atoms with Crippen LogP contribution in [0.5, 0.6) is 0 Å². The molecule has 0 aliphatic carbocycles. The van der Waals surface area contributed by atoms with Gasteiger partial charge in [0.25, 0.3) is 0 Å². The fraction of sp³-hybridized carbons (Fsp3) is 0.278. The van der Waals surface area contributed by atoms with E-state index in [1.54, 1.807) is 47.4 Å². The summed E-state index contributed by atoms with van der Waals surface area (Å²) in [6.45, 7) is 1.19. The molecule has 24 heavy (non-hydrogen) atoms. The molecule has 0 aromatic heterocycles. The molecule has 0 spiro atoms. The number of hydrogen-bond donors (Lipinski definition) is 0. The zero-order chi connectivity index (χ0) is 17.2. The monoisotopic (exact) mass is 363 g/mol. The Morgan fingerprint density at radius 3 is 2.29 bits per heavy atom. The van der Waals surface area contributed by atoms with Gasteiger partial charge in [0, 0.05) is 18.1 Å². The fourth-order valence-electron chi connectivity index (χ4n) is 2.97. The van der Waals surface area contributed by atoms with E-state index in [0.717, 1.165) is 12.8 Å². The molecule has 1 aliphatic rings. The van der Waals surface area contributed by atoms with Gasteiger partial charge in [-0.25, -0.2) is 8.42 Å². The third-order valence-corrected chi connectivity index (χ3v) is 6.43. The number of amides is 1. The number of sulfone groups is 1. The van der Waals surface area contributed by atoms with E-state index in [4.69, 9.17) is 11.6 Å². The Morgan fingerprint density at radius 2 is 1.67 bits per heavy atom. The van der Waals surface area contributed by atoms with Crippen molar-refractivity contribution in [3.05, 3.63) is 65.2 Å². The quantitative estimate of drug-likeness (QED) is 0.835. The molecule has 1 atom stereocenters. The van der Waals surface area contributed by atoms with Crippen LogP contribution >= 0.6 is 11.6 Å². The van der Waals surface area contributed by atoms with E-state index >= 15 is 0 Å². The highest BCUT2D eigenvalue weighted by Gasteiger charge is 2.38. The van der Waals surface area contributed by atoms with Crippen molar-refractivity contribution in [2.24, 2.45) is 0 Å². The molecule has 0 bridgehead atoms. The van der Waals surface area contributed by atoms with Crippen LogP contribution in [0.1, 0.15) is 23.7 Å². The van der Waals surface area contributed by atoms with Gasteiger partial charge in [0.15, 0.2) is 15.1 Å². The Bertz CT molecular complexity index is 830. The van der Waals surface area contributed by atoms with Crippen molar-refractivity contribution < 1.29 is 13.2 Å². The molecule has 1 heterocycles. The molecule has 1 amide bonds. The van der Waals surface area contributed by atoms with Crippen LogP contribution in [0.4, 0.5) is 0 Å². The highest BCUT2D eigenvalue weighted by atomic mass is 35.5. The summed E-state index contributed by atoms with van der Waals surface area (Å²) in [5.41, 5.74) is 0.406. The molecular formula is C18H18ClNO3S. The number of halogens is 1. The van der Waals surface area contributed by atoms with Crippen LogP contribution in [0.2, 0.25) is 5.02 Å². The van der Waals surface area contributed by atoms with Crippen LogP contribution in [0.15, 0.2) is 59.5 Å². The van der Waals surface area contributed by atoms with Crippen LogP contribution in [0.25, 0.3) is 0 Å². The number of nitrogens with zero attached hydrogens (tertiary/aromatic N) is 1. The summed E-state index contributed by atoms with van der Waals surface area (Å²) in [7, 11) is -3.86. The number of carbonyl (C=O) groups is 1. The van der Waals surface area contributed by atoms with Crippen LogP contribution in [-0.2, 0) is 14.6 Å². The summed E-state index contributed by atoms with van der Waals surface area (Å²) >= 11 is 6.03. The standard InChI is InChI=1S/C18H18ClNO3S/c19-15-8-6-7-14(13-15)17(18(21)20-11-4-5-12-20)24(22,23)16-9-2-1-3-10-16/h1-3,6-10,13,17H,4-5,11-12H2. The molecule has 1 aliphatic heterocycles. The summed E-state index contributed by atoms with van der Waals surface area (Å²) in [6.07, 6.45) is 1.80. The van der Waals surface area contributed by atoms with Gasteiger partial charge in [0.05, 0.1) is 4.90 Å². The first-order valence-electron chi connectivity index (χ1n) is 7.83. The number of carbonyl (C=O) groups excluding carboxylic acids is 1. The minimum absolute atomic E-state index is 0.141. The Balaban J connectivity index is 2.09. The summed E-state index contributed by atoms with van der Waals surface area (Å²) in [6, 6.07) is 14.6. The van der Waals surface area contributed by atoms with Crippen molar-refractivity contribution in [1.29, 1.82) is 0 Å². The van der Waals surface area contributed by atoms with Crippen LogP contribution in [-0.4, -0.2) is 32.3 Å². The Kier molecular flexibility index (Phi) is 4.92. The Morgan fingerprint density at radius 1 is 1.00 bits per heavy atom. The summed E-state index contributed by atoms with van der Waals surface area (Å²) in [4.78, 5) is 14.8. The molecule has 0 N–H and O–H groups in total. The van der Waals surface area contributed by atoms with E-state index in [9.17, 15) is 13.2 Å². The first-order valence-corrected chi connectivity index (χ1v) is 9.76. The second kappa shape index (κ2) is 6.95. The van der Waals surface area contributed by atoms with Gasteiger partial charge in [-0.15, -0.1) is 0 Å². The minimum Gasteiger partial charge on any atom is -0.341 e. The van der Waals surface area contributed by atoms with Gasteiger partial charge in [-0.1, -0.05) is 41.9 Å². The fourth-order valence-corrected chi connectivity index (χ4v) is 4.90. The van der Waals surface area contributed by atoms with E-state index in [1.807, 2.05) is 0 Å². The summed E-state index contributed by atoms with van der Waals surface area (Å²) < 4.78 is 26.3. The first-order chi connectivity index (χ1) is 11.5. The van der Waals surface area contributed by atoms with Crippen molar-refractivity contribution in [1.82, 2.24) is 4.90 Å². The van der Waals surface area contributed by atoms with Gasteiger partial charge in [-0.2, -0.15) is 0 Å². The van der Waals surface area contributed by atoms with Crippen molar-refractivity contribution in [3.63, 3.8) is 0 Å². The maximum absolute atomic E-state index is 13.2. The predicted molar refractivity (Wildman–Crippen MR) is 93.6 cm³/mol. The first kappa shape index (κ1) is 17.0. The Labute approximate surface area is 147 Å². The molecule has 126 valence electrons. The molecule has 0 radical (unpaired) electrons. The van der Waals surface area contributed by atoms with E-state index < -0.39 is 15.1 Å². The lowest BCUT2D eigenvalue weighted by Gasteiger charge is -2.23. The smallest absolute Gasteiger partial charge is 0.245 e. The predicted octanol–water partition coefficient (Wildman–Crippen LogP) is 3.48. The van der Waals surface area contributed by atoms with Crippen LogP contribution in [0.3, 0.4) is 0 Å². The maximum atomic E-state index is 13.2. The molecule has 2 aromatic carbocycles. The topological polar surface area (TPSA) is 54.5 Å². The van der Waals surface area contributed by atoms with Crippen LogP contribution < -0.4 is 0 Å². The molecule has 0 saturated carbocycles. The zero-order valence-corrected chi connectivity index (χ0v) is 14.6. The summed E-state index contributed by atoms with van der Waals surface area (Å²) in [5.74, 6) is -0.376. The van der Waals surface area contributed by atoms with Crippen molar-refractivity contribution in [2.45, 2.75) is 23.0 Å². The normalized spacial score (nSPS) is 16.1. The van der Waals surface area contributed by atoms with E-state index in [2.05, 4.69) is 0 Å². The van der Waals surface area contributed by atoms with Gasteiger partial charge in [0.1, 0.15) is 0 Å². The second-order valence-corrected chi connectivity index (χ2v) is 8.29. The van der Waals surface area contributed by atoms with Gasteiger partial charge in [0.2, 0.25) is 5.91 Å². The Hall–Kier alpha value is -1.85. The highest BCUT2D eigenvalue weighted by Crippen LogP contribution is 2.33. The average molecular weight is 364 g/mol. The molecule has 3 rings (SSSR count). The lowest BCUT2D eigenvalue weighted by atomic mass is 10.1. The molecule has 4 nitrogen and oxygen atoms in total. The zero-order valence-electron chi connectivity index (χ0n) is 13.1. The lowest BCUT2D eigenvalue weighted by Crippen LogP contribution is -2.36. The molecule has 1 unspecified atom stereocenters. The van der Waals surface area contributed by atoms with Crippen molar-refractivity contribution >= 4 is 27.3 Å². The summed E-state index contributed by atoms with van der Waals surface area (Å²) in [5, 5.41) is -0.855. The number of likely N-dealkylation sites (tertiary alicyclic amines) is 1. The minimum atomic E-state index is -3.86. The third-order valence-electron chi connectivity index (χ3n) is 4.18. The average Bonchev–Trinajstić information content (AvgIpc) is 3.10. The van der Waals surface area contributed by atoms with Gasteiger partial charge in [-0.05, 0) is 42.7 Å². The lowest BCUT2D eigenvalue weighted by molar-refractivity contribution is -0.129.